The van der Waals surface area contributed by atoms with E-state index >= 15 is 0 Å². The van der Waals surface area contributed by atoms with E-state index in [1.54, 1.807) is 43.4 Å². The molecule has 0 heterocycles. The molecule has 0 radical (unpaired) electrons. The number of alkyl halides is 3. The molecule has 0 amide bonds. The summed E-state index contributed by atoms with van der Waals surface area (Å²) in [5.74, 6) is -0.945. The van der Waals surface area contributed by atoms with Gasteiger partial charge in [0.25, 0.3) is 0 Å². The second-order valence-corrected chi connectivity index (χ2v) is 6.56. The third-order valence-corrected chi connectivity index (χ3v) is 4.71. The second-order valence-electron chi connectivity index (χ2n) is 6.56. The van der Waals surface area contributed by atoms with Crippen LogP contribution in [-0.4, -0.2) is 25.0 Å². The summed E-state index contributed by atoms with van der Waals surface area (Å²) in [4.78, 5) is 26.3. The van der Waals surface area contributed by atoms with Crippen LogP contribution in [-0.2, 0) is 0 Å². The molecule has 4 rings (SSSR count). The van der Waals surface area contributed by atoms with Crippen LogP contribution in [0, 0.1) is 0 Å². The molecule has 0 bridgehead atoms. The molecule has 0 atom stereocenters. The topological polar surface area (TPSA) is 67.4 Å². The molecule has 0 unspecified atom stereocenters. The number of nitrogens with one attached hydrogen (secondary N) is 2. The molecule has 1 aliphatic carbocycles. The molecular formula is C22H15F3N2O3. The number of ketones is 2. The monoisotopic (exact) mass is 412 g/mol. The van der Waals surface area contributed by atoms with Crippen LogP contribution in [0.5, 0.6) is 5.75 Å². The number of carbonyl (C=O) groups excluding carboxylic acids is 2. The fourth-order valence-electron chi connectivity index (χ4n) is 3.43. The first-order valence-electron chi connectivity index (χ1n) is 8.94. The van der Waals surface area contributed by atoms with Gasteiger partial charge in [-0.25, -0.2) is 0 Å². The quantitative estimate of drug-likeness (QED) is 0.486. The van der Waals surface area contributed by atoms with E-state index in [0.717, 1.165) is 12.1 Å². The van der Waals surface area contributed by atoms with Crippen molar-refractivity contribution < 1.29 is 27.5 Å². The molecule has 0 aliphatic heterocycles. The third-order valence-electron chi connectivity index (χ3n) is 4.71. The number of fused-ring (bicyclic) bond motifs is 2. The average Bonchev–Trinajstić information content (AvgIpc) is 2.72. The van der Waals surface area contributed by atoms with Crippen LogP contribution >= 0.6 is 0 Å². The minimum absolute atomic E-state index is 0.209. The highest BCUT2D eigenvalue weighted by atomic mass is 19.4. The summed E-state index contributed by atoms with van der Waals surface area (Å²) in [6.07, 6.45) is -4.78. The summed E-state index contributed by atoms with van der Waals surface area (Å²) in [5.41, 5.74) is 2.42. The highest BCUT2D eigenvalue weighted by Gasteiger charge is 2.34. The summed E-state index contributed by atoms with van der Waals surface area (Å²) in [5, 5.41) is 5.95. The van der Waals surface area contributed by atoms with Crippen LogP contribution < -0.4 is 15.4 Å². The van der Waals surface area contributed by atoms with Crippen LogP contribution in [0.1, 0.15) is 31.8 Å². The Morgan fingerprint density at radius 1 is 0.767 bits per heavy atom. The first kappa shape index (κ1) is 19.5. The van der Waals surface area contributed by atoms with Crippen molar-refractivity contribution >= 4 is 28.6 Å². The summed E-state index contributed by atoms with van der Waals surface area (Å²) in [6.45, 7) is 0. The van der Waals surface area contributed by atoms with E-state index in [-0.39, 0.29) is 28.4 Å². The van der Waals surface area contributed by atoms with Crippen molar-refractivity contribution in [2.75, 3.05) is 17.7 Å². The zero-order valence-corrected chi connectivity index (χ0v) is 15.6. The molecule has 0 fully saturated rings. The van der Waals surface area contributed by atoms with Gasteiger partial charge in [0.15, 0.2) is 11.6 Å². The van der Waals surface area contributed by atoms with Gasteiger partial charge in [-0.15, -0.1) is 13.2 Å². The minimum Gasteiger partial charge on any atom is -0.406 e. The van der Waals surface area contributed by atoms with E-state index in [1.807, 2.05) is 0 Å². The zero-order valence-electron chi connectivity index (χ0n) is 15.6. The lowest BCUT2D eigenvalue weighted by molar-refractivity contribution is -0.274. The number of rotatable bonds is 4. The van der Waals surface area contributed by atoms with Crippen LogP contribution in [0.2, 0.25) is 0 Å². The molecule has 3 aromatic carbocycles. The van der Waals surface area contributed by atoms with Gasteiger partial charge in [0.2, 0.25) is 0 Å². The molecule has 0 saturated heterocycles. The van der Waals surface area contributed by atoms with Gasteiger partial charge >= 0.3 is 6.36 Å². The Morgan fingerprint density at radius 3 is 1.83 bits per heavy atom. The Bertz CT molecular complexity index is 1160. The van der Waals surface area contributed by atoms with E-state index < -0.39 is 6.36 Å². The summed E-state index contributed by atoms with van der Waals surface area (Å²) >= 11 is 0. The summed E-state index contributed by atoms with van der Waals surface area (Å²) in [7, 11) is 1.65. The molecule has 30 heavy (non-hydrogen) atoms. The highest BCUT2D eigenvalue weighted by Crippen LogP contribution is 2.37. The Kier molecular flexibility index (Phi) is 4.69. The third kappa shape index (κ3) is 3.47. The maximum atomic E-state index is 13.2. The fraction of sp³-hybridized carbons (Fsp3) is 0.0909. The van der Waals surface area contributed by atoms with Gasteiger partial charge in [-0.2, -0.15) is 0 Å². The largest absolute Gasteiger partial charge is 0.573 e. The van der Waals surface area contributed by atoms with E-state index in [9.17, 15) is 22.8 Å². The number of benzene rings is 3. The van der Waals surface area contributed by atoms with Gasteiger partial charge < -0.3 is 15.4 Å². The number of hydrogen-bond acceptors (Lipinski definition) is 5. The molecule has 8 heteroatoms. The van der Waals surface area contributed by atoms with E-state index in [2.05, 4.69) is 15.4 Å². The van der Waals surface area contributed by atoms with Crippen molar-refractivity contribution in [3.8, 4) is 5.75 Å². The number of carbonyl (C=O) groups is 2. The average molecular weight is 412 g/mol. The molecule has 0 saturated carbocycles. The maximum Gasteiger partial charge on any atom is 0.573 e. The van der Waals surface area contributed by atoms with Crippen LogP contribution in [0.15, 0.2) is 60.7 Å². The molecule has 3 aromatic rings. The van der Waals surface area contributed by atoms with Gasteiger partial charge in [0.1, 0.15) is 5.75 Å². The van der Waals surface area contributed by atoms with Crippen molar-refractivity contribution in [1.82, 2.24) is 0 Å². The molecule has 2 N–H and O–H groups in total. The molecule has 0 spiro atoms. The van der Waals surface area contributed by atoms with Crippen LogP contribution in [0.3, 0.4) is 0 Å². The highest BCUT2D eigenvalue weighted by molar-refractivity contribution is 6.32. The van der Waals surface area contributed by atoms with Gasteiger partial charge in [0.05, 0.1) is 16.8 Å². The van der Waals surface area contributed by atoms with Crippen molar-refractivity contribution in [3.05, 3.63) is 82.9 Å². The normalized spacial score (nSPS) is 12.8. The Hall–Kier alpha value is -3.81. The van der Waals surface area contributed by atoms with Gasteiger partial charge in [-0.05, 0) is 36.4 Å². The predicted molar refractivity (Wildman–Crippen MR) is 106 cm³/mol. The lowest BCUT2D eigenvalue weighted by Crippen LogP contribution is -2.23. The zero-order chi connectivity index (χ0) is 21.5. The van der Waals surface area contributed by atoms with Gasteiger partial charge in [-0.3, -0.25) is 9.59 Å². The van der Waals surface area contributed by atoms with Crippen molar-refractivity contribution in [2.45, 2.75) is 6.36 Å². The van der Waals surface area contributed by atoms with Crippen LogP contribution in [0.25, 0.3) is 0 Å². The lowest BCUT2D eigenvalue weighted by Gasteiger charge is -2.23. The minimum atomic E-state index is -4.78. The van der Waals surface area contributed by atoms with Gasteiger partial charge in [0, 0.05) is 29.5 Å². The summed E-state index contributed by atoms with van der Waals surface area (Å²) in [6, 6.07) is 15.0. The lowest BCUT2D eigenvalue weighted by atomic mass is 9.82. The molecule has 0 aromatic heterocycles. The molecule has 5 nitrogen and oxygen atoms in total. The standard InChI is InChI=1S/C22H15F3N2O3/c1-26-16-10-11-17(27-12-6-8-13(9-7-12)30-22(23,24)25)19-18(16)20(28)14-4-2-3-5-15(14)21(19)29/h2-11,26-27H,1H3. The fourth-order valence-corrected chi connectivity index (χ4v) is 3.43. The van der Waals surface area contributed by atoms with Crippen molar-refractivity contribution in [3.63, 3.8) is 0 Å². The number of anilines is 3. The number of hydrogen-bond donors (Lipinski definition) is 2. The predicted octanol–water partition coefficient (Wildman–Crippen LogP) is 5.15. The Balaban J connectivity index is 1.74. The summed E-state index contributed by atoms with van der Waals surface area (Å²) < 4.78 is 40.9. The van der Waals surface area contributed by atoms with E-state index in [0.29, 0.717) is 28.2 Å². The first-order chi connectivity index (χ1) is 14.3. The van der Waals surface area contributed by atoms with Crippen molar-refractivity contribution in [2.24, 2.45) is 0 Å². The Labute approximate surface area is 169 Å². The second kappa shape index (κ2) is 7.22. The smallest absolute Gasteiger partial charge is 0.406 e. The first-order valence-corrected chi connectivity index (χ1v) is 8.94. The van der Waals surface area contributed by atoms with Crippen molar-refractivity contribution in [1.29, 1.82) is 0 Å². The van der Waals surface area contributed by atoms with Gasteiger partial charge in [-0.1, -0.05) is 24.3 Å². The Morgan fingerprint density at radius 2 is 1.30 bits per heavy atom. The van der Waals surface area contributed by atoms with Crippen LogP contribution in [0.4, 0.5) is 30.2 Å². The van der Waals surface area contributed by atoms with E-state index in [1.165, 1.54) is 12.1 Å². The number of ether oxygens (including phenoxy) is 1. The van der Waals surface area contributed by atoms with E-state index in [4.69, 9.17) is 0 Å². The molecule has 1 aliphatic rings. The molecular weight excluding hydrogens is 397 g/mol. The number of halogens is 3. The maximum absolute atomic E-state index is 13.2. The SMILES string of the molecule is CNc1ccc(Nc2ccc(OC(F)(F)F)cc2)c2c1C(=O)c1ccccc1C2=O. The molecule has 152 valence electrons.